The van der Waals surface area contributed by atoms with Gasteiger partial charge >= 0.3 is 0 Å². The van der Waals surface area contributed by atoms with Crippen LogP contribution in [0.4, 0.5) is 4.39 Å². The summed E-state index contributed by atoms with van der Waals surface area (Å²) < 4.78 is 19.6. The number of nitrogens with one attached hydrogen (secondary N) is 2. The highest BCUT2D eigenvalue weighted by Crippen LogP contribution is 2.68. The third-order valence-corrected chi connectivity index (χ3v) is 8.23. The second-order valence-electron chi connectivity index (χ2n) is 10.6. The van der Waals surface area contributed by atoms with Crippen LogP contribution in [0.1, 0.15) is 63.7 Å². The van der Waals surface area contributed by atoms with Crippen molar-refractivity contribution in [1.29, 1.82) is 0 Å². The molecule has 3 aliphatic rings. The van der Waals surface area contributed by atoms with Gasteiger partial charge in [0.1, 0.15) is 5.82 Å². The van der Waals surface area contributed by atoms with Crippen LogP contribution in [0.3, 0.4) is 0 Å². The third-order valence-electron chi connectivity index (χ3n) is 8.23. The maximum atomic E-state index is 13.4. The number of fused-ring (bicyclic) bond motifs is 1. The zero-order valence-corrected chi connectivity index (χ0v) is 19.0. The molecule has 1 aromatic carbocycles. The van der Waals surface area contributed by atoms with Gasteiger partial charge in [0.25, 0.3) is 5.91 Å². The summed E-state index contributed by atoms with van der Waals surface area (Å²) in [5.41, 5.74) is 0.488. The molecule has 4 rings (SSSR count). The molecular formula is C25H35FN2O3. The molecule has 1 heterocycles. The number of rotatable bonds is 6. The molecule has 1 saturated heterocycles. The van der Waals surface area contributed by atoms with Crippen molar-refractivity contribution in [3.8, 4) is 0 Å². The fraction of sp³-hybridized carbons (Fsp3) is 0.680. The number of amides is 2. The topological polar surface area (TPSA) is 67.4 Å². The Labute approximate surface area is 184 Å². The quantitative estimate of drug-likeness (QED) is 0.719. The number of carbonyl (C=O) groups excluding carboxylic acids is 2. The smallest absolute Gasteiger partial charge is 0.251 e. The van der Waals surface area contributed by atoms with Crippen LogP contribution in [0.5, 0.6) is 0 Å². The third kappa shape index (κ3) is 3.88. The Morgan fingerprint density at radius 2 is 2.06 bits per heavy atom. The largest absolute Gasteiger partial charge is 0.378 e. The van der Waals surface area contributed by atoms with E-state index in [-0.39, 0.29) is 40.7 Å². The maximum absolute atomic E-state index is 13.4. The van der Waals surface area contributed by atoms with Gasteiger partial charge in [-0.25, -0.2) is 4.39 Å². The molecule has 0 radical (unpaired) electrons. The summed E-state index contributed by atoms with van der Waals surface area (Å²) in [7, 11) is 0. The van der Waals surface area contributed by atoms with E-state index in [0.717, 1.165) is 25.7 Å². The SMILES string of the molecule is CC(C)C(=O)N[C@H]1C(C)(C)[C@@H]2C[C@@H]3[C@@H](CCNC(=O)c4cccc(F)c4)OCCC31C2. The number of hydrogen-bond acceptors (Lipinski definition) is 3. The Morgan fingerprint density at radius 3 is 2.77 bits per heavy atom. The molecule has 3 fully saturated rings. The predicted molar refractivity (Wildman–Crippen MR) is 117 cm³/mol. The van der Waals surface area contributed by atoms with Crippen LogP contribution in [0.15, 0.2) is 24.3 Å². The molecular weight excluding hydrogens is 395 g/mol. The Hall–Kier alpha value is -1.95. The molecule has 1 aliphatic heterocycles. The number of carbonyl (C=O) groups is 2. The highest BCUT2D eigenvalue weighted by Gasteiger charge is 2.68. The van der Waals surface area contributed by atoms with E-state index in [1.165, 1.54) is 12.1 Å². The molecule has 5 nitrogen and oxygen atoms in total. The second-order valence-corrected chi connectivity index (χ2v) is 10.6. The van der Waals surface area contributed by atoms with E-state index < -0.39 is 5.82 Å². The van der Waals surface area contributed by atoms with Gasteiger partial charge in [0.05, 0.1) is 6.10 Å². The number of benzene rings is 1. The van der Waals surface area contributed by atoms with E-state index >= 15 is 0 Å². The molecule has 170 valence electrons. The summed E-state index contributed by atoms with van der Waals surface area (Å²) in [6, 6.07) is 5.90. The molecule has 5 atom stereocenters. The zero-order chi connectivity index (χ0) is 22.4. The van der Waals surface area contributed by atoms with Gasteiger partial charge in [0.2, 0.25) is 5.91 Å². The maximum Gasteiger partial charge on any atom is 0.251 e. The van der Waals surface area contributed by atoms with Gasteiger partial charge in [-0.3, -0.25) is 9.59 Å². The minimum absolute atomic E-state index is 0.0292. The molecule has 1 unspecified atom stereocenters. The standard InChI is InChI=1S/C25H35FN2O3/c1-15(2)21(29)28-23-24(3,4)17-13-19-20(31-11-9-25(19,23)14-17)8-10-27-22(30)16-6-5-7-18(26)12-16/h5-7,12,15,17,19-20,23H,8-11,13-14H2,1-4H3,(H,27,30)(H,28,29)/t17-,19-,20-,23+,25?/m1/s1. The number of hydrogen-bond donors (Lipinski definition) is 2. The van der Waals surface area contributed by atoms with Crippen molar-refractivity contribution in [2.75, 3.05) is 13.2 Å². The van der Waals surface area contributed by atoms with E-state index in [9.17, 15) is 14.0 Å². The van der Waals surface area contributed by atoms with Crippen molar-refractivity contribution in [3.05, 3.63) is 35.6 Å². The molecule has 0 aromatic heterocycles. The Bertz CT molecular complexity index is 855. The van der Waals surface area contributed by atoms with E-state index in [1.54, 1.807) is 12.1 Å². The van der Waals surface area contributed by atoms with Crippen molar-refractivity contribution in [2.24, 2.45) is 28.6 Å². The van der Waals surface area contributed by atoms with Crippen LogP contribution in [-0.4, -0.2) is 37.1 Å². The number of halogens is 1. The van der Waals surface area contributed by atoms with Crippen molar-refractivity contribution < 1.29 is 18.7 Å². The van der Waals surface area contributed by atoms with Gasteiger partial charge in [-0.05, 0) is 66.5 Å². The lowest BCUT2D eigenvalue weighted by Crippen LogP contribution is -2.60. The summed E-state index contributed by atoms with van der Waals surface area (Å²) in [5.74, 6) is 0.386. The normalized spacial score (nSPS) is 33.2. The van der Waals surface area contributed by atoms with Gasteiger partial charge in [0.15, 0.2) is 0 Å². The predicted octanol–water partition coefficient (Wildman–Crippen LogP) is 3.93. The van der Waals surface area contributed by atoms with Crippen LogP contribution in [-0.2, 0) is 9.53 Å². The van der Waals surface area contributed by atoms with E-state index in [2.05, 4.69) is 24.5 Å². The minimum Gasteiger partial charge on any atom is -0.378 e. The van der Waals surface area contributed by atoms with Gasteiger partial charge in [-0.1, -0.05) is 33.8 Å². The first-order valence-corrected chi connectivity index (χ1v) is 11.6. The molecule has 2 N–H and O–H groups in total. The van der Waals surface area contributed by atoms with E-state index in [1.807, 2.05) is 13.8 Å². The Balaban J connectivity index is 1.43. The summed E-state index contributed by atoms with van der Waals surface area (Å²) in [6.07, 6.45) is 4.03. The van der Waals surface area contributed by atoms with Crippen LogP contribution in [0.2, 0.25) is 0 Å². The van der Waals surface area contributed by atoms with Crippen LogP contribution in [0.25, 0.3) is 0 Å². The van der Waals surface area contributed by atoms with Gasteiger partial charge in [-0.2, -0.15) is 0 Å². The first-order chi connectivity index (χ1) is 14.6. The molecule has 6 heteroatoms. The average Bonchev–Trinajstić information content (AvgIpc) is 3.21. The van der Waals surface area contributed by atoms with E-state index in [4.69, 9.17) is 4.74 Å². The van der Waals surface area contributed by atoms with Crippen molar-refractivity contribution in [3.63, 3.8) is 0 Å². The summed E-state index contributed by atoms with van der Waals surface area (Å²) in [6.45, 7) is 9.67. The lowest BCUT2D eigenvalue weighted by Gasteiger charge is -2.53. The van der Waals surface area contributed by atoms with Crippen LogP contribution >= 0.6 is 0 Å². The van der Waals surface area contributed by atoms with Gasteiger partial charge in [-0.15, -0.1) is 0 Å². The van der Waals surface area contributed by atoms with Crippen molar-refractivity contribution in [1.82, 2.24) is 10.6 Å². The summed E-state index contributed by atoms with van der Waals surface area (Å²) in [4.78, 5) is 25.0. The highest BCUT2D eigenvalue weighted by molar-refractivity contribution is 5.94. The second kappa shape index (κ2) is 8.19. The fourth-order valence-electron chi connectivity index (χ4n) is 6.56. The van der Waals surface area contributed by atoms with Crippen molar-refractivity contribution >= 4 is 11.8 Å². The summed E-state index contributed by atoms with van der Waals surface area (Å²) >= 11 is 0. The van der Waals surface area contributed by atoms with Gasteiger partial charge < -0.3 is 15.4 Å². The lowest BCUT2D eigenvalue weighted by molar-refractivity contribution is -0.138. The molecule has 1 aromatic rings. The number of ether oxygens (including phenoxy) is 1. The van der Waals surface area contributed by atoms with Gasteiger partial charge in [0, 0.05) is 30.7 Å². The first kappa shape index (κ1) is 22.3. The molecule has 2 saturated carbocycles. The molecule has 31 heavy (non-hydrogen) atoms. The highest BCUT2D eigenvalue weighted by atomic mass is 19.1. The zero-order valence-electron chi connectivity index (χ0n) is 19.0. The Kier molecular flexibility index (Phi) is 5.88. The molecule has 1 spiro atoms. The average molecular weight is 431 g/mol. The monoisotopic (exact) mass is 430 g/mol. The molecule has 2 aliphatic carbocycles. The fourth-order valence-corrected chi connectivity index (χ4v) is 6.56. The van der Waals surface area contributed by atoms with E-state index in [0.29, 0.717) is 30.6 Å². The molecule has 2 bridgehead atoms. The van der Waals surface area contributed by atoms with Crippen LogP contribution < -0.4 is 10.6 Å². The Morgan fingerprint density at radius 1 is 1.29 bits per heavy atom. The first-order valence-electron chi connectivity index (χ1n) is 11.6. The van der Waals surface area contributed by atoms with Crippen molar-refractivity contribution in [2.45, 2.75) is 65.5 Å². The summed E-state index contributed by atoms with van der Waals surface area (Å²) in [5, 5.41) is 6.33. The molecule has 2 amide bonds. The van der Waals surface area contributed by atoms with Crippen LogP contribution in [0, 0.1) is 34.4 Å². The minimum atomic E-state index is -0.413. The lowest BCUT2D eigenvalue weighted by atomic mass is 9.59.